The van der Waals surface area contributed by atoms with Crippen molar-refractivity contribution in [2.75, 3.05) is 21.3 Å². The second-order valence-corrected chi connectivity index (χ2v) is 7.15. The van der Waals surface area contributed by atoms with E-state index in [9.17, 15) is 5.26 Å². The molecule has 0 saturated heterocycles. The highest BCUT2D eigenvalue weighted by Gasteiger charge is 2.36. The predicted molar refractivity (Wildman–Crippen MR) is 114 cm³/mol. The lowest BCUT2D eigenvalue weighted by Gasteiger charge is -2.24. The third-order valence-corrected chi connectivity index (χ3v) is 5.31. The van der Waals surface area contributed by atoms with Crippen molar-refractivity contribution in [2.24, 2.45) is 5.73 Å². The van der Waals surface area contributed by atoms with Crippen LogP contribution in [0.3, 0.4) is 0 Å². The number of allylic oxidation sites excluding steroid dienone is 1. The van der Waals surface area contributed by atoms with Gasteiger partial charge in [0.15, 0.2) is 11.5 Å². The third-order valence-electron chi connectivity index (χ3n) is 5.07. The number of halogens is 1. The molecule has 1 atom stereocenters. The molecular formula is C22H19ClN4O4. The molecule has 4 rings (SSSR count). The summed E-state index contributed by atoms with van der Waals surface area (Å²) in [7, 11) is 4.62. The number of hydrogen-bond acceptors (Lipinski definition) is 7. The van der Waals surface area contributed by atoms with E-state index in [2.05, 4.69) is 16.3 Å². The molecule has 0 fully saturated rings. The van der Waals surface area contributed by atoms with E-state index in [0.29, 0.717) is 39.1 Å². The van der Waals surface area contributed by atoms with Crippen molar-refractivity contribution in [1.29, 1.82) is 5.26 Å². The summed E-state index contributed by atoms with van der Waals surface area (Å²) in [5.41, 5.74) is 9.08. The minimum Gasteiger partial charge on any atom is -0.493 e. The highest BCUT2D eigenvalue weighted by atomic mass is 35.5. The van der Waals surface area contributed by atoms with Gasteiger partial charge in [-0.3, -0.25) is 5.10 Å². The van der Waals surface area contributed by atoms with Gasteiger partial charge in [0.25, 0.3) is 0 Å². The van der Waals surface area contributed by atoms with Crippen LogP contribution in [0, 0.1) is 11.3 Å². The second-order valence-electron chi connectivity index (χ2n) is 6.71. The van der Waals surface area contributed by atoms with Crippen LogP contribution < -0.4 is 24.7 Å². The van der Waals surface area contributed by atoms with Crippen LogP contribution in [0.15, 0.2) is 47.9 Å². The number of aromatic nitrogens is 2. The fraction of sp³-hybridized carbons (Fsp3) is 0.182. The molecule has 1 aliphatic rings. The molecule has 31 heavy (non-hydrogen) atoms. The summed E-state index contributed by atoms with van der Waals surface area (Å²) in [4.78, 5) is 0. The van der Waals surface area contributed by atoms with Gasteiger partial charge in [0, 0.05) is 10.6 Å². The fourth-order valence-electron chi connectivity index (χ4n) is 3.71. The zero-order valence-corrected chi connectivity index (χ0v) is 17.8. The molecule has 0 amide bonds. The Morgan fingerprint density at radius 2 is 1.84 bits per heavy atom. The number of methoxy groups -OCH3 is 3. The zero-order chi connectivity index (χ0) is 22.1. The van der Waals surface area contributed by atoms with Gasteiger partial charge >= 0.3 is 0 Å². The lowest BCUT2D eigenvalue weighted by molar-refractivity contribution is 0.324. The van der Waals surface area contributed by atoms with Crippen molar-refractivity contribution in [1.82, 2.24) is 10.2 Å². The van der Waals surface area contributed by atoms with Gasteiger partial charge in [0.1, 0.15) is 11.6 Å². The summed E-state index contributed by atoms with van der Waals surface area (Å²) >= 11 is 6.23. The van der Waals surface area contributed by atoms with Crippen LogP contribution >= 0.6 is 11.6 Å². The van der Waals surface area contributed by atoms with Gasteiger partial charge in [-0.1, -0.05) is 23.7 Å². The molecule has 0 radical (unpaired) electrons. The number of nitriles is 1. The molecule has 0 aliphatic carbocycles. The average molecular weight is 439 g/mol. The van der Waals surface area contributed by atoms with Crippen LogP contribution in [-0.2, 0) is 0 Å². The molecule has 3 N–H and O–H groups in total. The first-order chi connectivity index (χ1) is 15.0. The highest BCUT2D eigenvalue weighted by Crippen LogP contribution is 2.48. The topological polar surface area (TPSA) is 115 Å². The van der Waals surface area contributed by atoms with Crippen LogP contribution in [0.2, 0.25) is 5.02 Å². The molecule has 2 aromatic carbocycles. The van der Waals surface area contributed by atoms with E-state index in [1.807, 2.05) is 12.1 Å². The molecule has 3 aromatic rings. The van der Waals surface area contributed by atoms with E-state index in [-0.39, 0.29) is 17.3 Å². The van der Waals surface area contributed by atoms with Crippen molar-refractivity contribution >= 4 is 11.6 Å². The van der Waals surface area contributed by atoms with Gasteiger partial charge in [-0.25, -0.2) is 0 Å². The number of ether oxygens (including phenoxy) is 4. The molecule has 0 spiro atoms. The number of nitrogens with one attached hydrogen (secondary N) is 1. The Hall–Kier alpha value is -3.83. The number of rotatable bonds is 5. The molecule has 0 bridgehead atoms. The number of hydrogen-bond donors (Lipinski definition) is 2. The van der Waals surface area contributed by atoms with E-state index < -0.39 is 5.92 Å². The van der Waals surface area contributed by atoms with Gasteiger partial charge in [-0.2, -0.15) is 5.26 Å². The molecular weight excluding hydrogens is 420 g/mol. The monoisotopic (exact) mass is 438 g/mol. The van der Waals surface area contributed by atoms with Crippen LogP contribution in [0.4, 0.5) is 0 Å². The van der Waals surface area contributed by atoms with Gasteiger partial charge in [0.2, 0.25) is 17.5 Å². The molecule has 2 heterocycles. The summed E-state index contributed by atoms with van der Waals surface area (Å²) in [6.45, 7) is 0. The Labute approximate surface area is 183 Å². The first kappa shape index (κ1) is 20.4. The minimum absolute atomic E-state index is 0.00270. The highest BCUT2D eigenvalue weighted by molar-refractivity contribution is 6.30. The van der Waals surface area contributed by atoms with Crippen molar-refractivity contribution in [3.8, 4) is 40.5 Å². The summed E-state index contributed by atoms with van der Waals surface area (Å²) < 4.78 is 22.0. The average Bonchev–Trinajstić information content (AvgIpc) is 3.20. The Bertz CT molecular complexity index is 1200. The molecule has 158 valence electrons. The number of aromatic amines is 1. The smallest absolute Gasteiger partial charge is 0.244 e. The fourth-order valence-corrected chi connectivity index (χ4v) is 3.91. The molecule has 8 nitrogen and oxygen atoms in total. The third kappa shape index (κ3) is 3.39. The number of benzene rings is 2. The Kier molecular flexibility index (Phi) is 5.36. The summed E-state index contributed by atoms with van der Waals surface area (Å²) in [6, 6.07) is 13.0. The molecule has 9 heteroatoms. The van der Waals surface area contributed by atoms with Gasteiger partial charge in [0.05, 0.1) is 38.5 Å². The maximum Gasteiger partial charge on any atom is 0.244 e. The molecule has 1 aromatic heterocycles. The van der Waals surface area contributed by atoms with Crippen molar-refractivity contribution in [2.45, 2.75) is 5.92 Å². The number of nitrogens with two attached hydrogens (primary N) is 1. The standard InChI is InChI=1S/C22H19ClN4O4/c1-28-15-8-12(9-16(29-2)20(15)30-3)19-18-17(11-5-4-6-13(23)7-11)14(10-24)21(25)31-22(18)27-26-19/h4-9,17H,25H2,1-3H3,(H,26,27). The molecule has 1 unspecified atom stereocenters. The van der Waals surface area contributed by atoms with E-state index >= 15 is 0 Å². The summed E-state index contributed by atoms with van der Waals surface area (Å²) in [6.07, 6.45) is 0. The van der Waals surface area contributed by atoms with E-state index in [1.165, 1.54) is 7.11 Å². The Balaban J connectivity index is 1.96. The van der Waals surface area contributed by atoms with Gasteiger partial charge < -0.3 is 24.7 Å². The lowest BCUT2D eigenvalue weighted by Crippen LogP contribution is -2.21. The maximum absolute atomic E-state index is 9.83. The van der Waals surface area contributed by atoms with Gasteiger partial charge in [-0.15, -0.1) is 5.10 Å². The van der Waals surface area contributed by atoms with Crippen molar-refractivity contribution in [3.05, 3.63) is 64.0 Å². The number of nitrogens with zero attached hydrogens (tertiary/aromatic N) is 2. The van der Waals surface area contributed by atoms with Crippen LogP contribution in [-0.4, -0.2) is 31.5 Å². The second kappa shape index (κ2) is 8.13. The van der Waals surface area contributed by atoms with Crippen LogP contribution in [0.25, 0.3) is 11.3 Å². The zero-order valence-electron chi connectivity index (χ0n) is 17.0. The Morgan fingerprint density at radius 3 is 2.42 bits per heavy atom. The summed E-state index contributed by atoms with van der Waals surface area (Å²) in [5.74, 6) is 1.18. The largest absolute Gasteiger partial charge is 0.493 e. The SMILES string of the molecule is COc1cc(-c2[nH]nc3c2C(c2cccc(Cl)c2)C(C#N)=C(N)O3)cc(OC)c1OC. The first-order valence-electron chi connectivity index (χ1n) is 9.24. The van der Waals surface area contributed by atoms with Crippen molar-refractivity contribution < 1.29 is 18.9 Å². The first-order valence-corrected chi connectivity index (χ1v) is 9.61. The molecule has 0 saturated carbocycles. The Morgan fingerprint density at radius 1 is 1.13 bits per heavy atom. The van der Waals surface area contributed by atoms with E-state index in [4.69, 9.17) is 36.3 Å². The number of H-pyrrole nitrogens is 1. The van der Waals surface area contributed by atoms with Crippen LogP contribution in [0.5, 0.6) is 23.1 Å². The van der Waals surface area contributed by atoms with E-state index in [0.717, 1.165) is 5.56 Å². The van der Waals surface area contributed by atoms with E-state index in [1.54, 1.807) is 38.5 Å². The van der Waals surface area contributed by atoms with Crippen molar-refractivity contribution in [3.63, 3.8) is 0 Å². The lowest BCUT2D eigenvalue weighted by atomic mass is 9.83. The normalized spacial score (nSPS) is 15.0. The van der Waals surface area contributed by atoms with Gasteiger partial charge in [-0.05, 0) is 29.8 Å². The maximum atomic E-state index is 9.83. The number of fused-ring (bicyclic) bond motifs is 1. The quantitative estimate of drug-likeness (QED) is 0.619. The molecule has 1 aliphatic heterocycles. The minimum atomic E-state index is -0.528. The predicted octanol–water partition coefficient (Wildman–Crippen LogP) is 3.97. The van der Waals surface area contributed by atoms with Crippen LogP contribution in [0.1, 0.15) is 17.0 Å². The summed E-state index contributed by atoms with van der Waals surface area (Å²) in [5, 5.41) is 17.7.